The van der Waals surface area contributed by atoms with Crippen molar-refractivity contribution in [2.45, 2.75) is 24.9 Å². The van der Waals surface area contributed by atoms with Gasteiger partial charge in [0.15, 0.2) is 20.2 Å². The van der Waals surface area contributed by atoms with Crippen LogP contribution in [0.1, 0.15) is 13.8 Å². The standard InChI is InChI=1S/2C18H24N2P2.2C2H3N.2CHF3O3S.Ni/c2*1-21-13-19(17-9-5-3-6-10-17)15-22(2)16-20(14-21)18-11-7-4-8-12-18;2*1-2-3;2*2-1(3,4)8(5,6)7;/h2*3-12H,13-16H2,1-2H3;2*1H3;2*(H,5,6,7);/q;;;;;;+2/p+2. The van der Waals surface area contributed by atoms with Gasteiger partial charge in [0.1, 0.15) is 50.3 Å². The number of nitriles is 2. The molecule has 12 nitrogen and oxygen atoms in total. The first-order chi connectivity index (χ1) is 30.8. The molecule has 25 heteroatoms. The number of benzene rings is 4. The van der Waals surface area contributed by atoms with E-state index in [-0.39, 0.29) is 16.5 Å². The van der Waals surface area contributed by atoms with Crippen LogP contribution in [0.5, 0.6) is 0 Å². The van der Waals surface area contributed by atoms with Crippen LogP contribution in [0, 0.1) is 22.7 Å². The fraction of sp³-hybridized carbons (Fsp3) is 0.381. The molecule has 2 fully saturated rings. The van der Waals surface area contributed by atoms with Crippen LogP contribution in [0.4, 0.5) is 49.1 Å². The van der Waals surface area contributed by atoms with E-state index in [4.69, 9.17) is 36.5 Å². The second kappa shape index (κ2) is 31.7. The maximum atomic E-state index is 10.7. The fourth-order valence-electron chi connectivity index (χ4n) is 6.32. The molecule has 0 unspecified atom stereocenters. The number of halogens is 6. The maximum Gasteiger partial charge on any atom is 2.00 e. The molecule has 4 aromatic rings. The average molecular weight is 1100 g/mol. The summed E-state index contributed by atoms with van der Waals surface area (Å²) in [6.45, 7) is 12.8. The van der Waals surface area contributed by atoms with Crippen LogP contribution in [0.15, 0.2) is 121 Å². The number of hydrogen-bond donors (Lipinski definition) is 0. The summed E-state index contributed by atoms with van der Waals surface area (Å²) in [6.07, 6.45) is 10.0. The van der Waals surface area contributed by atoms with Crippen molar-refractivity contribution in [3.63, 3.8) is 0 Å². The van der Waals surface area contributed by atoms with E-state index in [2.05, 4.69) is 168 Å². The second-order valence-electron chi connectivity index (χ2n) is 14.8. The van der Waals surface area contributed by atoms with Crippen molar-refractivity contribution in [2.75, 3.05) is 96.5 Å². The predicted molar refractivity (Wildman–Crippen MR) is 266 cm³/mol. The summed E-state index contributed by atoms with van der Waals surface area (Å²) in [4.78, 5) is 10.6. The Bertz CT molecular complexity index is 1990. The minimum Gasteiger partial charge on any atom is -0.741 e. The van der Waals surface area contributed by atoms with Gasteiger partial charge < -0.3 is 28.7 Å². The molecule has 67 heavy (non-hydrogen) atoms. The Morgan fingerprint density at radius 2 is 0.552 bits per heavy atom. The van der Waals surface area contributed by atoms with E-state index >= 15 is 0 Å². The summed E-state index contributed by atoms with van der Waals surface area (Å²) in [7, 11) is -13.8. The molecular formula is C42H58F6N6NiO6P4S2+4. The molecule has 2 aliphatic rings. The number of rotatable bonds is 4. The van der Waals surface area contributed by atoms with Crippen LogP contribution < -0.4 is 19.6 Å². The Morgan fingerprint density at radius 3 is 0.657 bits per heavy atom. The zero-order valence-electron chi connectivity index (χ0n) is 37.7. The molecule has 0 atom stereocenters. The smallest absolute Gasteiger partial charge is 0.741 e. The SMILES string of the molecule is CC#N.CC#N.C[PH+]1CN(c2ccccc2)C[PH+](C)CN(c2ccccc2)C1.C[PH+]1CN(c2ccccc2)C[PH+](C)CN(c2ccccc2)C1.O=S(=O)([O-])C(F)(F)F.O=S(=O)([O-])C(F)(F)F.[Ni+2]. The molecule has 0 N–H and O–H groups in total. The Labute approximate surface area is 406 Å². The number of anilines is 4. The van der Waals surface area contributed by atoms with Gasteiger partial charge in [-0.3, -0.25) is 0 Å². The van der Waals surface area contributed by atoms with Gasteiger partial charge in [-0.25, -0.2) is 16.8 Å². The van der Waals surface area contributed by atoms with Gasteiger partial charge in [-0.05, 0) is 48.5 Å². The number of para-hydroxylation sites is 4. The van der Waals surface area contributed by atoms with Crippen LogP contribution in [0.2, 0.25) is 0 Å². The van der Waals surface area contributed by atoms with Crippen molar-refractivity contribution in [1.29, 1.82) is 10.5 Å². The van der Waals surface area contributed by atoms with Crippen LogP contribution in [-0.4, -0.2) is 114 Å². The summed E-state index contributed by atoms with van der Waals surface area (Å²) in [6, 6.07) is 47.4. The second-order valence-corrected chi connectivity index (χ2v) is 27.8. The fourth-order valence-corrected chi connectivity index (χ4v) is 15.2. The molecule has 4 aromatic carbocycles. The molecule has 2 heterocycles. The van der Waals surface area contributed by atoms with E-state index < -0.39 is 62.9 Å². The van der Waals surface area contributed by atoms with Gasteiger partial charge in [-0.1, -0.05) is 72.8 Å². The maximum absolute atomic E-state index is 10.7. The first-order valence-electron chi connectivity index (χ1n) is 19.9. The first kappa shape index (κ1) is 63.7. The topological polar surface area (TPSA) is 175 Å². The van der Waals surface area contributed by atoms with E-state index in [0.29, 0.717) is 0 Å². The largest absolute Gasteiger partial charge is 2.00 e. The molecule has 2 aliphatic heterocycles. The van der Waals surface area contributed by atoms with Gasteiger partial charge in [0.25, 0.3) is 0 Å². The monoisotopic (exact) mass is 1100 g/mol. The zero-order chi connectivity index (χ0) is 50.1. The summed E-state index contributed by atoms with van der Waals surface area (Å²) >= 11 is 0. The Morgan fingerprint density at radius 1 is 0.433 bits per heavy atom. The van der Waals surface area contributed by atoms with Crippen LogP contribution >= 0.6 is 31.7 Å². The van der Waals surface area contributed by atoms with Crippen molar-refractivity contribution >= 4 is 74.7 Å². The van der Waals surface area contributed by atoms with Crippen molar-refractivity contribution < 1.29 is 68.8 Å². The number of hydrogen-bond acceptors (Lipinski definition) is 12. The molecule has 372 valence electrons. The van der Waals surface area contributed by atoms with Crippen molar-refractivity contribution in [3.05, 3.63) is 121 Å². The molecule has 0 saturated carbocycles. The molecule has 6 rings (SSSR count). The van der Waals surface area contributed by atoms with E-state index in [0.717, 1.165) is 0 Å². The molecule has 0 aliphatic carbocycles. The summed E-state index contributed by atoms with van der Waals surface area (Å²) in [5, 5.41) is 14.6. The molecule has 0 spiro atoms. The van der Waals surface area contributed by atoms with E-state index in [1.807, 2.05) is 0 Å². The quantitative estimate of drug-likeness (QED) is 0.0623. The summed E-state index contributed by atoms with van der Waals surface area (Å²) < 4.78 is 118. The minimum atomic E-state index is -6.09. The van der Waals surface area contributed by atoms with Crippen molar-refractivity contribution in [2.24, 2.45) is 0 Å². The van der Waals surface area contributed by atoms with Crippen molar-refractivity contribution in [1.82, 2.24) is 0 Å². The van der Waals surface area contributed by atoms with E-state index in [1.165, 1.54) is 86.9 Å². The third-order valence-corrected chi connectivity index (χ3v) is 17.2. The normalized spacial score (nSPS) is 18.7. The Balaban J connectivity index is 0.000000902. The van der Waals surface area contributed by atoms with Crippen LogP contribution in [0.25, 0.3) is 0 Å². The zero-order valence-corrected chi connectivity index (χ0v) is 44.4. The van der Waals surface area contributed by atoms with Gasteiger partial charge in [-0.15, -0.1) is 0 Å². The number of nitrogens with zero attached hydrogens (tertiary/aromatic N) is 6. The summed E-state index contributed by atoms with van der Waals surface area (Å²) in [5.41, 5.74) is -5.66. The van der Waals surface area contributed by atoms with Gasteiger partial charge in [0.2, 0.25) is 0 Å². The first-order valence-corrected chi connectivity index (χ1v) is 32.4. The Hall–Kier alpha value is -3.33. The third kappa shape index (κ3) is 25.7. The van der Waals surface area contributed by atoms with Gasteiger partial charge in [-0.2, -0.15) is 36.9 Å². The van der Waals surface area contributed by atoms with Crippen LogP contribution in [-0.2, 0) is 36.7 Å². The minimum absolute atomic E-state index is 0. The molecule has 0 aromatic heterocycles. The number of alkyl halides is 6. The average Bonchev–Trinajstić information content (AvgIpc) is 3.23. The molecular weight excluding hydrogens is 1050 g/mol. The Kier molecular flexibility index (Phi) is 30.2. The van der Waals surface area contributed by atoms with Gasteiger partial charge in [0, 0.05) is 68.3 Å². The molecule has 0 bridgehead atoms. The molecule has 0 amide bonds. The van der Waals surface area contributed by atoms with Gasteiger partial charge in [0.05, 0.1) is 38.8 Å². The van der Waals surface area contributed by atoms with Crippen molar-refractivity contribution in [3.8, 4) is 12.1 Å². The third-order valence-electron chi connectivity index (χ3n) is 8.74. The molecule has 0 radical (unpaired) electrons. The summed E-state index contributed by atoms with van der Waals surface area (Å²) in [5.74, 6) is 0. The predicted octanol–water partition coefficient (Wildman–Crippen LogP) is 10.2. The van der Waals surface area contributed by atoms with Crippen LogP contribution in [0.3, 0.4) is 0 Å². The molecule has 2 saturated heterocycles. The van der Waals surface area contributed by atoms with E-state index in [1.54, 1.807) is 12.1 Å². The van der Waals surface area contributed by atoms with Gasteiger partial charge >= 0.3 is 27.5 Å². The van der Waals surface area contributed by atoms with E-state index in [9.17, 15) is 26.3 Å².